The normalized spacial score (nSPS) is 12.2. The Hall–Kier alpha value is -0.240. The second-order valence-electron chi connectivity index (χ2n) is 2.29. The molecule has 0 fully saturated rings. The summed E-state index contributed by atoms with van der Waals surface area (Å²) in [5.74, 6) is 0. The number of allylic oxidation sites excluding steroid dienone is 3. The van der Waals surface area contributed by atoms with Gasteiger partial charge in [-0.1, -0.05) is 42.4 Å². The summed E-state index contributed by atoms with van der Waals surface area (Å²) in [6.45, 7) is 8.01. The van der Waals surface area contributed by atoms with Gasteiger partial charge >= 0.3 is 0 Å². The smallest absolute Gasteiger partial charge is 0.0447 e. The van der Waals surface area contributed by atoms with Crippen molar-refractivity contribution in [1.29, 1.82) is 0 Å². The van der Waals surface area contributed by atoms with Gasteiger partial charge in [-0.15, -0.1) is 0 Å². The van der Waals surface area contributed by atoms with Crippen LogP contribution in [0.4, 0.5) is 0 Å². The molecule has 0 spiro atoms. The van der Waals surface area contributed by atoms with E-state index in [9.17, 15) is 0 Å². The molecule has 0 atom stereocenters. The van der Waals surface area contributed by atoms with Crippen LogP contribution in [-0.2, 0) is 0 Å². The van der Waals surface area contributed by atoms with Gasteiger partial charge in [0.05, 0.1) is 0 Å². The lowest BCUT2D eigenvalue weighted by molar-refractivity contribution is 0.792. The SMILES string of the molecule is C=C/C(Cl)=C(/CCNC)C(=C)Cl. The van der Waals surface area contributed by atoms with Crippen molar-refractivity contribution in [2.24, 2.45) is 0 Å². The first kappa shape index (κ1) is 11.8. The third-order valence-corrected chi connectivity index (χ3v) is 2.03. The molecule has 0 saturated carbocycles. The van der Waals surface area contributed by atoms with E-state index < -0.39 is 0 Å². The van der Waals surface area contributed by atoms with Gasteiger partial charge in [-0.3, -0.25) is 0 Å². The predicted molar refractivity (Wildman–Crippen MR) is 56.6 cm³/mol. The monoisotopic (exact) mass is 205 g/mol. The van der Waals surface area contributed by atoms with Gasteiger partial charge in [-0.05, 0) is 25.6 Å². The second kappa shape index (κ2) is 6.30. The fourth-order valence-electron chi connectivity index (χ4n) is 0.758. The maximum Gasteiger partial charge on any atom is 0.0447 e. The van der Waals surface area contributed by atoms with Gasteiger partial charge in [-0.2, -0.15) is 0 Å². The highest BCUT2D eigenvalue weighted by molar-refractivity contribution is 6.36. The average molecular weight is 206 g/mol. The molecule has 0 radical (unpaired) electrons. The van der Waals surface area contributed by atoms with Crippen LogP contribution < -0.4 is 5.32 Å². The molecule has 0 rings (SSSR count). The minimum atomic E-state index is 0.482. The number of nitrogens with one attached hydrogen (secondary N) is 1. The molecule has 0 aromatic rings. The summed E-state index contributed by atoms with van der Waals surface area (Å²) in [4.78, 5) is 0. The van der Waals surface area contributed by atoms with E-state index in [0.29, 0.717) is 10.1 Å². The van der Waals surface area contributed by atoms with Crippen LogP contribution in [0, 0.1) is 0 Å². The van der Waals surface area contributed by atoms with E-state index in [-0.39, 0.29) is 0 Å². The molecular formula is C9H13Cl2N. The Kier molecular flexibility index (Phi) is 6.17. The first-order chi connectivity index (χ1) is 5.63. The molecule has 0 aliphatic rings. The fourth-order valence-corrected chi connectivity index (χ4v) is 1.21. The van der Waals surface area contributed by atoms with E-state index in [1.54, 1.807) is 6.08 Å². The van der Waals surface area contributed by atoms with Gasteiger partial charge in [0, 0.05) is 10.1 Å². The molecule has 0 aromatic carbocycles. The molecule has 0 amide bonds. The number of hydrogen-bond donors (Lipinski definition) is 1. The van der Waals surface area contributed by atoms with Gasteiger partial charge in [0.2, 0.25) is 0 Å². The number of halogens is 2. The molecule has 1 nitrogen and oxygen atoms in total. The van der Waals surface area contributed by atoms with Gasteiger partial charge < -0.3 is 5.32 Å². The van der Waals surface area contributed by atoms with E-state index in [1.165, 1.54) is 0 Å². The first-order valence-corrected chi connectivity index (χ1v) is 4.39. The number of hydrogen-bond acceptors (Lipinski definition) is 1. The highest BCUT2D eigenvalue weighted by Gasteiger charge is 2.03. The summed E-state index contributed by atoms with van der Waals surface area (Å²) in [5.41, 5.74) is 0.850. The summed E-state index contributed by atoms with van der Waals surface area (Å²) < 4.78 is 0. The lowest BCUT2D eigenvalue weighted by atomic mass is 10.1. The Morgan fingerprint density at radius 3 is 2.42 bits per heavy atom. The molecule has 0 aliphatic heterocycles. The molecule has 68 valence electrons. The molecular weight excluding hydrogens is 193 g/mol. The third-order valence-electron chi connectivity index (χ3n) is 1.42. The van der Waals surface area contributed by atoms with E-state index in [0.717, 1.165) is 18.5 Å². The van der Waals surface area contributed by atoms with Gasteiger partial charge in [0.15, 0.2) is 0 Å². The van der Waals surface area contributed by atoms with Crippen molar-refractivity contribution < 1.29 is 0 Å². The lowest BCUT2D eigenvalue weighted by Crippen LogP contribution is -2.08. The summed E-state index contributed by atoms with van der Waals surface area (Å²) >= 11 is 11.6. The zero-order valence-electron chi connectivity index (χ0n) is 7.16. The molecule has 0 heterocycles. The van der Waals surface area contributed by atoms with Crippen LogP contribution in [0.25, 0.3) is 0 Å². The molecule has 0 bridgehead atoms. The van der Waals surface area contributed by atoms with Crippen molar-refractivity contribution in [3.8, 4) is 0 Å². The van der Waals surface area contributed by atoms with E-state index in [2.05, 4.69) is 18.5 Å². The quantitative estimate of drug-likeness (QED) is 0.681. The molecule has 1 N–H and O–H groups in total. The van der Waals surface area contributed by atoms with Crippen molar-refractivity contribution >= 4 is 23.2 Å². The van der Waals surface area contributed by atoms with Crippen molar-refractivity contribution in [2.75, 3.05) is 13.6 Å². The topological polar surface area (TPSA) is 12.0 Å². The van der Waals surface area contributed by atoms with Gasteiger partial charge in [0.1, 0.15) is 0 Å². The van der Waals surface area contributed by atoms with Crippen LogP contribution >= 0.6 is 23.2 Å². The largest absolute Gasteiger partial charge is 0.319 e. The zero-order chi connectivity index (χ0) is 9.56. The molecule has 0 aliphatic carbocycles. The van der Waals surface area contributed by atoms with Crippen LogP contribution in [-0.4, -0.2) is 13.6 Å². The van der Waals surface area contributed by atoms with E-state index in [4.69, 9.17) is 23.2 Å². The second-order valence-corrected chi connectivity index (χ2v) is 3.15. The van der Waals surface area contributed by atoms with Crippen LogP contribution in [0.2, 0.25) is 0 Å². The standard InChI is InChI=1S/C9H13Cl2N/c1-4-9(11)8(7(2)10)5-6-12-3/h4,12H,1-2,5-6H2,3H3/b9-8+. The fraction of sp³-hybridized carbons (Fsp3) is 0.333. The summed E-state index contributed by atoms with van der Waals surface area (Å²) in [5, 5.41) is 4.06. The lowest BCUT2D eigenvalue weighted by Gasteiger charge is -2.05. The van der Waals surface area contributed by atoms with Crippen LogP contribution in [0.15, 0.2) is 34.9 Å². The van der Waals surface area contributed by atoms with Crippen LogP contribution in [0.5, 0.6) is 0 Å². The maximum absolute atomic E-state index is 5.85. The van der Waals surface area contributed by atoms with Gasteiger partial charge in [0.25, 0.3) is 0 Å². The minimum absolute atomic E-state index is 0.482. The van der Waals surface area contributed by atoms with Crippen molar-refractivity contribution in [2.45, 2.75) is 6.42 Å². The van der Waals surface area contributed by atoms with Crippen molar-refractivity contribution in [1.82, 2.24) is 5.32 Å². The van der Waals surface area contributed by atoms with Crippen molar-refractivity contribution in [3.63, 3.8) is 0 Å². The molecule has 0 saturated heterocycles. The van der Waals surface area contributed by atoms with Crippen molar-refractivity contribution in [3.05, 3.63) is 34.9 Å². The highest BCUT2D eigenvalue weighted by Crippen LogP contribution is 2.23. The summed E-state index contributed by atoms with van der Waals surface area (Å²) in [6, 6.07) is 0. The predicted octanol–water partition coefficient (Wildman–Crippen LogP) is 3.03. The molecule has 12 heavy (non-hydrogen) atoms. The van der Waals surface area contributed by atoms with Crippen LogP contribution in [0.3, 0.4) is 0 Å². The highest BCUT2D eigenvalue weighted by atomic mass is 35.5. The van der Waals surface area contributed by atoms with E-state index >= 15 is 0 Å². The molecule has 0 unspecified atom stereocenters. The Morgan fingerprint density at radius 2 is 2.08 bits per heavy atom. The minimum Gasteiger partial charge on any atom is -0.319 e. The Bertz CT molecular complexity index is 207. The maximum atomic E-state index is 5.85. The Morgan fingerprint density at radius 1 is 1.50 bits per heavy atom. The number of rotatable bonds is 5. The summed E-state index contributed by atoms with van der Waals surface area (Å²) in [6.07, 6.45) is 2.34. The first-order valence-electron chi connectivity index (χ1n) is 3.64. The molecule has 0 aromatic heterocycles. The molecule has 3 heteroatoms. The Balaban J connectivity index is 4.43. The van der Waals surface area contributed by atoms with Crippen LogP contribution in [0.1, 0.15) is 6.42 Å². The van der Waals surface area contributed by atoms with E-state index in [1.807, 2.05) is 7.05 Å². The third kappa shape index (κ3) is 3.96. The summed E-state index contributed by atoms with van der Waals surface area (Å²) in [7, 11) is 1.87. The van der Waals surface area contributed by atoms with Gasteiger partial charge in [-0.25, -0.2) is 0 Å². The Labute approximate surface area is 83.7 Å². The zero-order valence-corrected chi connectivity index (χ0v) is 8.67. The average Bonchev–Trinajstić information content (AvgIpc) is 2.04.